The number of methoxy groups -OCH3 is 1. The molecule has 7 rings (SSSR count). The molecule has 304 valence electrons. The van der Waals surface area contributed by atoms with E-state index in [0.29, 0.717) is 4.90 Å². The number of ether oxygens (including phenoxy) is 1. The molecule has 3 aromatic carbocycles. The van der Waals surface area contributed by atoms with Gasteiger partial charge in [0.05, 0.1) is 34.5 Å². The summed E-state index contributed by atoms with van der Waals surface area (Å²) in [5, 5.41) is 35.7. The van der Waals surface area contributed by atoms with Crippen LogP contribution in [-0.4, -0.2) is 69.5 Å². The molecule has 0 spiro atoms. The summed E-state index contributed by atoms with van der Waals surface area (Å²) in [6.45, 7) is 0. The second kappa shape index (κ2) is 13.6. The Balaban J connectivity index is 1.45. The van der Waals surface area contributed by atoms with E-state index in [0.717, 1.165) is 24.1 Å². The van der Waals surface area contributed by atoms with E-state index in [9.17, 15) is 57.7 Å². The molecule has 23 heteroatoms. The lowest BCUT2D eigenvalue weighted by molar-refractivity contribution is -0.392. The van der Waals surface area contributed by atoms with Crippen LogP contribution >= 0.6 is 39.1 Å². The third-order valence-electron chi connectivity index (χ3n) is 11.0. The van der Waals surface area contributed by atoms with E-state index < -0.39 is 137 Å². The number of anilines is 3. The number of carbonyl (C=O) groups excluding carboxylic acids is 4. The van der Waals surface area contributed by atoms with E-state index in [-0.39, 0.29) is 32.7 Å². The Hall–Kier alpha value is -5.41. The minimum Gasteiger partial charge on any atom is -0.504 e. The Morgan fingerprint density at radius 3 is 1.93 bits per heavy atom. The normalized spacial score (nSPS) is 26.4. The maximum atomic E-state index is 15.4. The third-order valence-corrected chi connectivity index (χ3v) is 12.8. The largest absolute Gasteiger partial charge is 0.504 e. The number of phenols is 1. The van der Waals surface area contributed by atoms with Crippen molar-refractivity contribution in [1.29, 1.82) is 0 Å². The van der Waals surface area contributed by atoms with Crippen LogP contribution in [0.1, 0.15) is 24.3 Å². The number of amides is 4. The van der Waals surface area contributed by atoms with E-state index >= 15 is 8.78 Å². The lowest BCUT2D eigenvalue weighted by atomic mass is 9.56. The number of carbonyl (C=O) groups is 4. The second-order valence-corrected chi connectivity index (χ2v) is 16.1. The number of aromatic hydroxyl groups is 1. The molecule has 0 bridgehead atoms. The van der Waals surface area contributed by atoms with Gasteiger partial charge in [0.1, 0.15) is 5.69 Å². The summed E-state index contributed by atoms with van der Waals surface area (Å²) < 4.78 is 79.4. The molecule has 1 N–H and O–H groups in total. The first-order valence-corrected chi connectivity index (χ1v) is 18.2. The summed E-state index contributed by atoms with van der Waals surface area (Å²) in [6, 6.07) is 4.05. The number of alkyl halides is 2. The predicted octanol–water partition coefficient (Wildman–Crippen LogP) is 6.51. The Labute approximate surface area is 339 Å². The van der Waals surface area contributed by atoms with Crippen molar-refractivity contribution in [3.05, 3.63) is 95.3 Å². The summed E-state index contributed by atoms with van der Waals surface area (Å²) in [6.07, 6.45) is 0.0970. The molecule has 3 fully saturated rings. The van der Waals surface area contributed by atoms with Crippen molar-refractivity contribution in [2.75, 3.05) is 35.9 Å². The maximum absolute atomic E-state index is 15.4. The van der Waals surface area contributed by atoms with Gasteiger partial charge in [-0.25, -0.2) is 31.8 Å². The fourth-order valence-corrected chi connectivity index (χ4v) is 9.97. The molecule has 0 aromatic heterocycles. The van der Waals surface area contributed by atoms with E-state index in [2.05, 4.69) is 15.9 Å². The van der Waals surface area contributed by atoms with Gasteiger partial charge in [-0.15, -0.1) is 23.2 Å². The summed E-state index contributed by atoms with van der Waals surface area (Å²) in [7, 11) is 3.73. The SMILES string of the molecule is COc1cc(Br)cc(C2C3=CCC4C(=O)N(c5cc([N+](=O)[O-])c(N(C)C)c([N+](=O)[O-])c5)C(=O)C4C3CC3(Cl)C(=O)N(c4c(F)c(F)c(F)c(F)c4F)C(=O)C23Cl)c1O. The smallest absolute Gasteiger partial charge is 0.301 e. The van der Waals surface area contributed by atoms with E-state index in [1.54, 1.807) is 0 Å². The van der Waals surface area contributed by atoms with Gasteiger partial charge in [0, 0.05) is 42.2 Å². The number of nitrogens with zero attached hydrogens (tertiary/aromatic N) is 5. The molecule has 6 atom stereocenters. The molecular weight excluding hydrogens is 896 g/mol. The molecule has 6 unspecified atom stereocenters. The highest BCUT2D eigenvalue weighted by molar-refractivity contribution is 9.10. The van der Waals surface area contributed by atoms with Crippen LogP contribution in [0.5, 0.6) is 11.5 Å². The van der Waals surface area contributed by atoms with Crippen LogP contribution in [0.4, 0.5) is 50.4 Å². The lowest BCUT2D eigenvalue weighted by Gasteiger charge is -2.50. The number of benzene rings is 3. The van der Waals surface area contributed by atoms with Gasteiger partial charge >= 0.3 is 11.4 Å². The first-order chi connectivity index (χ1) is 27.1. The molecule has 2 aliphatic heterocycles. The Morgan fingerprint density at radius 1 is 0.862 bits per heavy atom. The van der Waals surface area contributed by atoms with Crippen molar-refractivity contribution in [3.8, 4) is 11.5 Å². The van der Waals surface area contributed by atoms with Crippen molar-refractivity contribution in [1.82, 2.24) is 0 Å². The Bertz CT molecular complexity index is 2450. The van der Waals surface area contributed by atoms with Gasteiger partial charge in [0.25, 0.3) is 11.8 Å². The summed E-state index contributed by atoms with van der Waals surface area (Å²) in [5.74, 6) is -25.7. The van der Waals surface area contributed by atoms with Crippen molar-refractivity contribution in [2.24, 2.45) is 17.8 Å². The predicted molar refractivity (Wildman–Crippen MR) is 195 cm³/mol. The molecule has 2 saturated heterocycles. The van der Waals surface area contributed by atoms with Gasteiger partial charge in [0.2, 0.25) is 17.6 Å². The van der Waals surface area contributed by atoms with Crippen LogP contribution in [-0.2, 0) is 19.2 Å². The molecule has 15 nitrogen and oxygen atoms in total. The zero-order chi connectivity index (χ0) is 42.8. The van der Waals surface area contributed by atoms with Crippen LogP contribution in [0.15, 0.2) is 40.4 Å². The average Bonchev–Trinajstić information content (AvgIpc) is 3.51. The zero-order valence-corrected chi connectivity index (χ0v) is 32.6. The number of fused-ring (bicyclic) bond motifs is 4. The fraction of sp³-hybridized carbons (Fsp3) is 0.314. The Morgan fingerprint density at radius 2 is 1.41 bits per heavy atom. The standard InChI is InChI=1S/C35H23BrCl2F5N5O10/c1-44(2)27-17(47(54)55)8-12(9-18(27)48(56)57)45-30(50)14-5-4-13-16(20(14)31(45)51)10-34(37)32(52)46(28-25(42)23(40)22(39)24(41)26(28)43)33(53)35(34,38)21(13)15-6-11(36)7-19(58-3)29(15)49/h4,6-9,14,16,20-21,49H,5,10H2,1-3H3. The number of imide groups is 2. The highest BCUT2D eigenvalue weighted by atomic mass is 79.9. The van der Waals surface area contributed by atoms with Crippen molar-refractivity contribution < 1.29 is 60.8 Å². The molecule has 2 heterocycles. The average molecular weight is 919 g/mol. The Kier molecular flexibility index (Phi) is 9.55. The van der Waals surface area contributed by atoms with Gasteiger partial charge in [-0.1, -0.05) is 27.6 Å². The van der Waals surface area contributed by atoms with Crippen LogP contribution in [0.3, 0.4) is 0 Å². The summed E-state index contributed by atoms with van der Waals surface area (Å²) in [5.41, 5.74) is -5.07. The molecule has 1 saturated carbocycles. The first-order valence-electron chi connectivity index (χ1n) is 16.6. The maximum Gasteiger partial charge on any atom is 0.301 e. The number of halogens is 8. The second-order valence-electron chi connectivity index (χ2n) is 14.0. The molecule has 2 aliphatic carbocycles. The van der Waals surface area contributed by atoms with Gasteiger partial charge < -0.3 is 14.7 Å². The highest BCUT2D eigenvalue weighted by Crippen LogP contribution is 2.67. The molecule has 4 aliphatic rings. The van der Waals surface area contributed by atoms with Crippen molar-refractivity contribution in [3.63, 3.8) is 0 Å². The number of nitro benzene ring substituents is 2. The number of hydrogen-bond acceptors (Lipinski definition) is 11. The van der Waals surface area contributed by atoms with Gasteiger partial charge in [-0.2, -0.15) is 0 Å². The van der Waals surface area contributed by atoms with Gasteiger partial charge in [0.15, 0.2) is 50.2 Å². The molecular formula is C35H23BrCl2F5N5O10. The number of allylic oxidation sites excluding steroid dienone is 2. The van der Waals surface area contributed by atoms with Crippen molar-refractivity contribution >= 4 is 91.2 Å². The third kappa shape index (κ3) is 5.27. The molecule has 4 amide bonds. The summed E-state index contributed by atoms with van der Waals surface area (Å²) in [4.78, 5) is 75.3. The number of phenolic OH excluding ortho intramolecular Hbond substituents is 1. The van der Waals surface area contributed by atoms with E-state index in [4.69, 9.17) is 27.9 Å². The quantitative estimate of drug-likeness (QED) is 0.0397. The fourth-order valence-electron chi connectivity index (χ4n) is 8.59. The first kappa shape index (κ1) is 40.8. The number of nitro groups is 2. The molecule has 3 aromatic rings. The van der Waals surface area contributed by atoms with Crippen LogP contribution in [0.25, 0.3) is 0 Å². The molecule has 58 heavy (non-hydrogen) atoms. The van der Waals surface area contributed by atoms with Crippen LogP contribution in [0, 0.1) is 67.1 Å². The monoisotopic (exact) mass is 917 g/mol. The topological polar surface area (TPSA) is 194 Å². The molecule has 0 radical (unpaired) electrons. The van der Waals surface area contributed by atoms with E-state index in [1.807, 2.05) is 0 Å². The minimum absolute atomic E-state index is 0.0358. The van der Waals surface area contributed by atoms with Crippen molar-refractivity contribution in [2.45, 2.75) is 28.5 Å². The van der Waals surface area contributed by atoms with Gasteiger partial charge in [-0.05, 0) is 30.9 Å². The van der Waals surface area contributed by atoms with Crippen LogP contribution in [0.2, 0.25) is 0 Å². The minimum atomic E-state index is -2.97. The van der Waals surface area contributed by atoms with Crippen LogP contribution < -0.4 is 19.4 Å². The zero-order valence-electron chi connectivity index (χ0n) is 29.5. The van der Waals surface area contributed by atoms with E-state index in [1.165, 1.54) is 32.3 Å². The van der Waals surface area contributed by atoms with Gasteiger partial charge in [-0.3, -0.25) is 39.4 Å². The number of hydrogen-bond donors (Lipinski definition) is 1. The lowest BCUT2D eigenvalue weighted by Crippen LogP contribution is -2.60. The number of rotatable bonds is 7. The highest BCUT2D eigenvalue weighted by Gasteiger charge is 2.77. The summed E-state index contributed by atoms with van der Waals surface area (Å²) >= 11 is 17.5.